The van der Waals surface area contributed by atoms with Crippen LogP contribution >= 0.6 is 23.1 Å². The van der Waals surface area contributed by atoms with Gasteiger partial charge in [-0.3, -0.25) is 0 Å². The van der Waals surface area contributed by atoms with E-state index < -0.39 is 11.9 Å². The van der Waals surface area contributed by atoms with Crippen molar-refractivity contribution in [3.63, 3.8) is 0 Å². The molecule has 1 N–H and O–H groups in total. The van der Waals surface area contributed by atoms with E-state index in [1.165, 1.54) is 11.3 Å². The average Bonchev–Trinajstić information content (AvgIpc) is 2.95. The quantitative estimate of drug-likeness (QED) is 0.779. The molecule has 0 saturated heterocycles. The fourth-order valence-corrected chi connectivity index (χ4v) is 3.14. The minimum absolute atomic E-state index is 0.197. The second kappa shape index (κ2) is 4.74. The number of aryl methyl sites for hydroxylation is 1. The fourth-order valence-electron chi connectivity index (χ4n) is 1.57. The molecule has 0 unspecified atom stereocenters. The Morgan fingerprint density at radius 3 is 2.50 bits per heavy atom. The molecule has 0 saturated carbocycles. The van der Waals surface area contributed by atoms with Crippen LogP contribution in [0.1, 0.15) is 11.4 Å². The molecular formula is C11H7F3N4S2. The third-order valence-electron chi connectivity index (χ3n) is 2.42. The normalized spacial score (nSPS) is 12.2. The van der Waals surface area contributed by atoms with Crippen molar-refractivity contribution in [2.45, 2.75) is 23.3 Å². The van der Waals surface area contributed by atoms with Crippen molar-refractivity contribution in [2.75, 3.05) is 0 Å². The van der Waals surface area contributed by atoms with Gasteiger partial charge in [0.1, 0.15) is 16.1 Å². The van der Waals surface area contributed by atoms with Crippen LogP contribution in [0.25, 0.3) is 11.0 Å². The fraction of sp³-hybridized carbons (Fsp3) is 0.182. The van der Waals surface area contributed by atoms with Crippen LogP contribution in [-0.2, 0) is 6.18 Å². The molecule has 0 atom stereocenters. The summed E-state index contributed by atoms with van der Waals surface area (Å²) in [6.45, 7) is 1.77. The molecule has 104 valence electrons. The van der Waals surface area contributed by atoms with Crippen molar-refractivity contribution in [3.05, 3.63) is 28.3 Å². The second-order valence-electron chi connectivity index (χ2n) is 3.99. The number of fused-ring (bicyclic) bond motifs is 1. The maximum atomic E-state index is 13.0. The first-order valence-electron chi connectivity index (χ1n) is 5.44. The van der Waals surface area contributed by atoms with Gasteiger partial charge in [-0.15, -0.1) is 11.3 Å². The number of imidazole rings is 1. The molecule has 0 aromatic carbocycles. The molecule has 3 aromatic rings. The Hall–Kier alpha value is -1.61. The van der Waals surface area contributed by atoms with Crippen LogP contribution in [0.4, 0.5) is 13.2 Å². The van der Waals surface area contributed by atoms with E-state index in [1.807, 2.05) is 0 Å². The molecule has 20 heavy (non-hydrogen) atoms. The molecule has 0 amide bonds. The van der Waals surface area contributed by atoms with Crippen LogP contribution in [0.5, 0.6) is 0 Å². The highest BCUT2D eigenvalue weighted by Gasteiger charge is 2.37. The van der Waals surface area contributed by atoms with E-state index in [9.17, 15) is 13.2 Å². The Bertz CT molecular complexity index is 762. The van der Waals surface area contributed by atoms with Crippen LogP contribution < -0.4 is 0 Å². The number of H-pyrrole nitrogens is 1. The zero-order valence-corrected chi connectivity index (χ0v) is 11.7. The monoisotopic (exact) mass is 316 g/mol. The number of hydrogen-bond donors (Lipinski definition) is 1. The van der Waals surface area contributed by atoms with E-state index >= 15 is 0 Å². The van der Waals surface area contributed by atoms with E-state index in [2.05, 4.69) is 19.9 Å². The number of aromatic nitrogens is 4. The molecule has 0 fully saturated rings. The summed E-state index contributed by atoms with van der Waals surface area (Å²) in [6.07, 6.45) is -3.00. The third kappa shape index (κ3) is 2.50. The molecular weight excluding hydrogens is 309 g/mol. The number of nitrogens with one attached hydrogen (secondary N) is 1. The number of halogens is 3. The average molecular weight is 316 g/mol. The number of aromatic amines is 1. The Labute approximate surface area is 119 Å². The highest BCUT2D eigenvalue weighted by Crippen LogP contribution is 2.37. The number of thiophene rings is 1. The van der Waals surface area contributed by atoms with Gasteiger partial charge in [-0.1, -0.05) is 0 Å². The van der Waals surface area contributed by atoms with Crippen molar-refractivity contribution in [2.24, 2.45) is 0 Å². The van der Waals surface area contributed by atoms with Crippen LogP contribution in [0, 0.1) is 6.92 Å². The lowest BCUT2D eigenvalue weighted by atomic mass is 10.4. The Balaban J connectivity index is 2.11. The zero-order valence-electron chi connectivity index (χ0n) is 10.0. The van der Waals surface area contributed by atoms with Gasteiger partial charge in [0.25, 0.3) is 0 Å². The Morgan fingerprint density at radius 2 is 1.90 bits per heavy atom. The van der Waals surface area contributed by atoms with Crippen molar-refractivity contribution < 1.29 is 13.2 Å². The molecule has 4 nitrogen and oxygen atoms in total. The van der Waals surface area contributed by atoms with Crippen LogP contribution in [0.15, 0.2) is 27.1 Å². The zero-order chi connectivity index (χ0) is 14.3. The maximum Gasteiger partial charge on any atom is 0.436 e. The highest BCUT2D eigenvalue weighted by molar-refractivity contribution is 7.99. The molecule has 0 bridgehead atoms. The lowest BCUT2D eigenvalue weighted by Gasteiger charge is -2.09. The number of nitrogens with zero attached hydrogens (tertiary/aromatic N) is 3. The van der Waals surface area contributed by atoms with Crippen molar-refractivity contribution in [3.8, 4) is 0 Å². The van der Waals surface area contributed by atoms with E-state index in [0.717, 1.165) is 17.5 Å². The first-order chi connectivity index (χ1) is 9.43. The summed E-state index contributed by atoms with van der Waals surface area (Å²) in [6, 6.07) is 0. The second-order valence-corrected chi connectivity index (χ2v) is 5.71. The topological polar surface area (TPSA) is 54.5 Å². The summed E-state index contributed by atoms with van der Waals surface area (Å²) in [7, 11) is 0. The molecule has 0 radical (unpaired) electrons. The van der Waals surface area contributed by atoms with Gasteiger partial charge in [0.05, 0.1) is 0 Å². The smallest absolute Gasteiger partial charge is 0.337 e. The summed E-state index contributed by atoms with van der Waals surface area (Å²) in [5.74, 6) is 0. The molecule has 3 rings (SSSR count). The van der Waals surface area contributed by atoms with Gasteiger partial charge in [0, 0.05) is 22.7 Å². The first kappa shape index (κ1) is 13.4. The van der Waals surface area contributed by atoms with Gasteiger partial charge < -0.3 is 4.98 Å². The van der Waals surface area contributed by atoms with E-state index in [1.54, 1.807) is 23.9 Å². The lowest BCUT2D eigenvalue weighted by Crippen LogP contribution is -2.11. The van der Waals surface area contributed by atoms with Gasteiger partial charge in [-0.2, -0.15) is 13.2 Å². The number of alkyl halides is 3. The molecule has 3 aromatic heterocycles. The number of hydrogen-bond acceptors (Lipinski definition) is 5. The van der Waals surface area contributed by atoms with E-state index in [0.29, 0.717) is 10.7 Å². The maximum absolute atomic E-state index is 13.0. The lowest BCUT2D eigenvalue weighted by molar-refractivity contribution is -0.143. The first-order valence-corrected chi connectivity index (χ1v) is 7.20. The summed E-state index contributed by atoms with van der Waals surface area (Å²) in [4.78, 5) is 14.5. The molecule has 0 aliphatic carbocycles. The van der Waals surface area contributed by atoms with Crippen molar-refractivity contribution in [1.29, 1.82) is 0 Å². The Morgan fingerprint density at radius 1 is 1.20 bits per heavy atom. The predicted molar refractivity (Wildman–Crippen MR) is 69.9 cm³/mol. The van der Waals surface area contributed by atoms with Gasteiger partial charge in [-0.25, -0.2) is 15.0 Å². The van der Waals surface area contributed by atoms with Crippen LogP contribution in [0.2, 0.25) is 0 Å². The minimum atomic E-state index is -4.55. The van der Waals surface area contributed by atoms with Gasteiger partial charge in [-0.05, 0) is 18.7 Å². The van der Waals surface area contributed by atoms with E-state index in [4.69, 9.17) is 0 Å². The van der Waals surface area contributed by atoms with Gasteiger partial charge in [0.2, 0.25) is 0 Å². The van der Waals surface area contributed by atoms with Crippen LogP contribution in [-0.4, -0.2) is 19.9 Å². The standard InChI is InChI=1S/C11H7F3N4S2/c1-5-2-15-10(16-5)20-9-8(11(12,13)14)17-6-3-19-4-7(6)18-9/h2-4H,1H3,(H,15,16). The van der Waals surface area contributed by atoms with Gasteiger partial charge in [0.15, 0.2) is 10.9 Å². The molecule has 0 aliphatic heterocycles. The SMILES string of the molecule is Cc1cnc(Sc2nc3cscc3nc2C(F)(F)F)[nH]1. The number of rotatable bonds is 2. The van der Waals surface area contributed by atoms with Crippen LogP contribution in [0.3, 0.4) is 0 Å². The highest BCUT2D eigenvalue weighted by atomic mass is 32.2. The summed E-state index contributed by atoms with van der Waals surface area (Å²) in [5.41, 5.74) is 0.490. The van der Waals surface area contributed by atoms with E-state index in [-0.39, 0.29) is 10.5 Å². The van der Waals surface area contributed by atoms with Crippen molar-refractivity contribution in [1.82, 2.24) is 19.9 Å². The molecule has 0 spiro atoms. The molecule has 9 heteroatoms. The molecule has 3 heterocycles. The van der Waals surface area contributed by atoms with Gasteiger partial charge >= 0.3 is 6.18 Å². The summed E-state index contributed by atoms with van der Waals surface area (Å²) in [5, 5.41) is 3.37. The van der Waals surface area contributed by atoms with Crippen molar-refractivity contribution >= 4 is 34.1 Å². The minimum Gasteiger partial charge on any atom is -0.337 e. The largest absolute Gasteiger partial charge is 0.436 e. The predicted octanol–water partition coefficient (Wildman–Crippen LogP) is 3.89. The summed E-state index contributed by atoms with van der Waals surface area (Å²) >= 11 is 2.09. The molecule has 0 aliphatic rings. The third-order valence-corrected chi connectivity index (χ3v) is 4.02. The Kier molecular flexibility index (Phi) is 3.17. The summed E-state index contributed by atoms with van der Waals surface area (Å²) < 4.78 is 39.1.